The molecule has 0 aromatic heterocycles. The quantitative estimate of drug-likeness (QED) is 0.471. The Hall–Kier alpha value is -0.380. The second-order valence-electron chi connectivity index (χ2n) is 2.58. The van der Waals surface area contributed by atoms with Crippen LogP contribution in [0.15, 0.2) is 12.7 Å². The molecule has 0 atom stereocenters. The van der Waals surface area contributed by atoms with Crippen LogP contribution in [0.5, 0.6) is 0 Å². The average Bonchev–Trinajstić information content (AvgIpc) is 2.07. The van der Waals surface area contributed by atoms with Crippen LogP contribution in [0.1, 0.15) is 6.42 Å². The van der Waals surface area contributed by atoms with E-state index in [1.54, 1.807) is 0 Å². The first-order valence-electron chi connectivity index (χ1n) is 4.10. The van der Waals surface area contributed by atoms with Crippen LogP contribution in [0, 0.1) is 0 Å². The van der Waals surface area contributed by atoms with Crippen LogP contribution in [0.4, 0.5) is 0 Å². The third-order valence-electron chi connectivity index (χ3n) is 1.69. The van der Waals surface area contributed by atoms with Crippen molar-refractivity contribution in [3.8, 4) is 0 Å². The third-order valence-corrected chi connectivity index (χ3v) is 1.69. The fourth-order valence-corrected chi connectivity index (χ4v) is 1.05. The minimum atomic E-state index is 0.848. The van der Waals surface area contributed by atoms with Gasteiger partial charge in [-0.3, -0.25) is 5.43 Å². The lowest BCUT2D eigenvalue weighted by Crippen LogP contribution is -2.45. The fourth-order valence-electron chi connectivity index (χ4n) is 1.05. The minimum absolute atomic E-state index is 0.848. The molecule has 1 heterocycles. The van der Waals surface area contributed by atoms with E-state index < -0.39 is 0 Å². The van der Waals surface area contributed by atoms with Crippen LogP contribution in [0.3, 0.4) is 0 Å². The van der Waals surface area contributed by atoms with Crippen molar-refractivity contribution in [2.45, 2.75) is 6.42 Å². The lowest BCUT2D eigenvalue weighted by Gasteiger charge is -2.26. The van der Waals surface area contributed by atoms with E-state index in [2.05, 4.69) is 17.0 Å². The summed E-state index contributed by atoms with van der Waals surface area (Å²) < 4.78 is 5.20. The summed E-state index contributed by atoms with van der Waals surface area (Å²) in [7, 11) is 0. The lowest BCUT2D eigenvalue weighted by atomic mass is 10.4. The van der Waals surface area contributed by atoms with E-state index >= 15 is 0 Å². The van der Waals surface area contributed by atoms with Gasteiger partial charge in [-0.05, 0) is 6.42 Å². The van der Waals surface area contributed by atoms with Gasteiger partial charge in [-0.25, -0.2) is 5.01 Å². The second kappa shape index (κ2) is 5.29. The first-order valence-corrected chi connectivity index (χ1v) is 4.10. The van der Waals surface area contributed by atoms with E-state index in [0.29, 0.717) is 0 Å². The number of hydrogen-bond donors (Lipinski definition) is 1. The molecule has 11 heavy (non-hydrogen) atoms. The summed E-state index contributed by atoms with van der Waals surface area (Å²) in [5.41, 5.74) is 3.30. The highest BCUT2D eigenvalue weighted by molar-refractivity contribution is 4.67. The zero-order valence-corrected chi connectivity index (χ0v) is 6.88. The number of rotatable bonds is 4. The molecule has 1 aliphatic heterocycles. The summed E-state index contributed by atoms with van der Waals surface area (Å²) in [6.07, 6.45) is 2.95. The topological polar surface area (TPSA) is 24.5 Å². The molecule has 0 radical (unpaired) electrons. The number of nitrogens with one attached hydrogen (secondary N) is 1. The van der Waals surface area contributed by atoms with Gasteiger partial charge in [-0.15, -0.1) is 6.58 Å². The number of hydrogen-bond acceptors (Lipinski definition) is 3. The molecule has 3 heteroatoms. The smallest absolute Gasteiger partial charge is 0.0608 e. The Morgan fingerprint density at radius 1 is 1.45 bits per heavy atom. The molecule has 0 bridgehead atoms. The van der Waals surface area contributed by atoms with Crippen molar-refractivity contribution >= 4 is 0 Å². The van der Waals surface area contributed by atoms with Gasteiger partial charge in [0.1, 0.15) is 0 Å². The summed E-state index contributed by atoms with van der Waals surface area (Å²) >= 11 is 0. The Kier molecular flexibility index (Phi) is 4.19. The summed E-state index contributed by atoms with van der Waals surface area (Å²) in [4.78, 5) is 0. The maximum atomic E-state index is 5.20. The molecule has 64 valence electrons. The Balaban J connectivity index is 2.00. The summed E-state index contributed by atoms with van der Waals surface area (Å²) in [6, 6.07) is 0. The standard InChI is InChI=1S/C8H16N2O/c1-2-3-4-9-10-5-7-11-8-6-10/h2,9H,1,3-8H2. The number of ether oxygens (including phenoxy) is 1. The molecule has 0 aliphatic carbocycles. The monoisotopic (exact) mass is 156 g/mol. The van der Waals surface area contributed by atoms with Gasteiger partial charge >= 0.3 is 0 Å². The van der Waals surface area contributed by atoms with Crippen LogP contribution >= 0.6 is 0 Å². The minimum Gasteiger partial charge on any atom is -0.379 e. The van der Waals surface area contributed by atoms with E-state index in [-0.39, 0.29) is 0 Å². The molecule has 1 saturated heterocycles. The predicted molar refractivity (Wildman–Crippen MR) is 45.2 cm³/mol. The Morgan fingerprint density at radius 3 is 2.82 bits per heavy atom. The highest BCUT2D eigenvalue weighted by atomic mass is 16.5. The molecule has 1 N–H and O–H groups in total. The maximum Gasteiger partial charge on any atom is 0.0608 e. The summed E-state index contributed by atoms with van der Waals surface area (Å²) in [5, 5.41) is 2.20. The fraction of sp³-hybridized carbons (Fsp3) is 0.750. The molecule has 0 unspecified atom stereocenters. The zero-order chi connectivity index (χ0) is 7.94. The SMILES string of the molecule is C=CCCNN1CCOCC1. The summed E-state index contributed by atoms with van der Waals surface area (Å²) in [6.45, 7) is 8.34. The molecule has 1 aliphatic rings. The van der Waals surface area contributed by atoms with Gasteiger partial charge in [-0.1, -0.05) is 6.08 Å². The second-order valence-corrected chi connectivity index (χ2v) is 2.58. The lowest BCUT2D eigenvalue weighted by molar-refractivity contribution is 0.0125. The molecule has 0 aromatic rings. The zero-order valence-electron chi connectivity index (χ0n) is 6.88. The van der Waals surface area contributed by atoms with Crippen molar-refractivity contribution in [1.82, 2.24) is 10.4 Å². The van der Waals surface area contributed by atoms with Crippen LogP contribution in [-0.4, -0.2) is 37.9 Å². The Bertz CT molecular complexity index is 111. The van der Waals surface area contributed by atoms with Crippen LogP contribution < -0.4 is 5.43 Å². The Labute approximate surface area is 68.0 Å². The van der Waals surface area contributed by atoms with E-state index in [4.69, 9.17) is 4.74 Å². The molecule has 0 aromatic carbocycles. The maximum absolute atomic E-state index is 5.20. The number of hydrazine groups is 1. The van der Waals surface area contributed by atoms with Gasteiger partial charge < -0.3 is 4.74 Å². The molecule has 0 spiro atoms. The van der Waals surface area contributed by atoms with E-state index in [9.17, 15) is 0 Å². The first-order chi connectivity index (χ1) is 5.43. The van der Waals surface area contributed by atoms with E-state index in [0.717, 1.165) is 39.3 Å². The van der Waals surface area contributed by atoms with Gasteiger partial charge in [0.25, 0.3) is 0 Å². The van der Waals surface area contributed by atoms with Gasteiger partial charge in [-0.2, -0.15) is 0 Å². The average molecular weight is 156 g/mol. The molecular formula is C8H16N2O. The molecule has 1 rings (SSSR count). The first kappa shape index (κ1) is 8.71. The van der Waals surface area contributed by atoms with Crippen LogP contribution in [0.25, 0.3) is 0 Å². The molecular weight excluding hydrogens is 140 g/mol. The highest BCUT2D eigenvalue weighted by Crippen LogP contribution is 1.91. The van der Waals surface area contributed by atoms with Gasteiger partial charge in [0, 0.05) is 19.6 Å². The van der Waals surface area contributed by atoms with Crippen molar-refractivity contribution in [2.75, 3.05) is 32.8 Å². The van der Waals surface area contributed by atoms with Crippen molar-refractivity contribution in [2.24, 2.45) is 0 Å². The van der Waals surface area contributed by atoms with Gasteiger partial charge in [0.15, 0.2) is 0 Å². The van der Waals surface area contributed by atoms with Gasteiger partial charge in [0.05, 0.1) is 13.2 Å². The van der Waals surface area contributed by atoms with E-state index in [1.165, 1.54) is 0 Å². The Morgan fingerprint density at radius 2 is 2.18 bits per heavy atom. The molecule has 0 amide bonds. The highest BCUT2D eigenvalue weighted by Gasteiger charge is 2.07. The normalized spacial score (nSPS) is 20.0. The number of morpholine rings is 1. The van der Waals surface area contributed by atoms with Crippen LogP contribution in [0.2, 0.25) is 0 Å². The van der Waals surface area contributed by atoms with Crippen molar-refractivity contribution in [1.29, 1.82) is 0 Å². The predicted octanol–water partition coefficient (Wildman–Crippen LogP) is 0.399. The van der Waals surface area contributed by atoms with Crippen molar-refractivity contribution in [3.63, 3.8) is 0 Å². The van der Waals surface area contributed by atoms with Crippen LogP contribution in [-0.2, 0) is 4.74 Å². The summed E-state index contributed by atoms with van der Waals surface area (Å²) in [5.74, 6) is 0. The number of nitrogens with zero attached hydrogens (tertiary/aromatic N) is 1. The molecule has 0 saturated carbocycles. The largest absolute Gasteiger partial charge is 0.379 e. The van der Waals surface area contributed by atoms with Crippen molar-refractivity contribution in [3.05, 3.63) is 12.7 Å². The van der Waals surface area contributed by atoms with E-state index in [1.807, 2.05) is 6.08 Å². The molecule has 1 fully saturated rings. The van der Waals surface area contributed by atoms with Gasteiger partial charge in [0.2, 0.25) is 0 Å². The van der Waals surface area contributed by atoms with Crippen molar-refractivity contribution < 1.29 is 4.74 Å². The molecule has 3 nitrogen and oxygen atoms in total. The third kappa shape index (κ3) is 3.51.